The van der Waals surface area contributed by atoms with Crippen LogP contribution in [0.15, 0.2) is 0 Å². The Hall–Kier alpha value is -3.38. The van der Waals surface area contributed by atoms with Gasteiger partial charge in [-0.25, -0.2) is 9.59 Å². The fourth-order valence-electron chi connectivity index (χ4n) is 2.48. The van der Waals surface area contributed by atoms with Crippen molar-refractivity contribution in [2.45, 2.75) is 71.1 Å². The molecular weight excluding hydrogens is 426 g/mol. The van der Waals surface area contributed by atoms with Crippen molar-refractivity contribution in [1.29, 1.82) is 0 Å². The number of hydrogen-bond acceptors (Lipinski definition) is 7. The predicted octanol–water partition coefficient (Wildman–Crippen LogP) is -1.25. The van der Waals surface area contributed by atoms with Crippen molar-refractivity contribution in [1.82, 2.24) is 21.3 Å². The fraction of sp³-hybridized carbons (Fsp3) is 0.684. The lowest BCUT2D eigenvalue weighted by Gasteiger charge is -2.21. The monoisotopic (exact) mass is 459 g/mol. The Kier molecular flexibility index (Phi) is 12.4. The molecule has 0 bridgehead atoms. The molecule has 0 saturated carbocycles. The van der Waals surface area contributed by atoms with E-state index in [1.54, 1.807) is 20.8 Å². The number of primary amides is 1. The molecule has 13 heteroatoms. The van der Waals surface area contributed by atoms with Crippen LogP contribution in [0.3, 0.4) is 0 Å². The third-order valence-corrected chi connectivity index (χ3v) is 3.78. The lowest BCUT2D eigenvalue weighted by molar-refractivity contribution is -0.155. The third-order valence-electron chi connectivity index (χ3n) is 3.78. The van der Waals surface area contributed by atoms with Gasteiger partial charge in [0, 0.05) is 19.9 Å². The molecule has 0 unspecified atom stereocenters. The van der Waals surface area contributed by atoms with E-state index < -0.39 is 59.9 Å². The molecule has 0 aliphatic rings. The van der Waals surface area contributed by atoms with Crippen molar-refractivity contribution in [3.8, 4) is 0 Å². The van der Waals surface area contributed by atoms with Gasteiger partial charge >= 0.3 is 18.0 Å². The van der Waals surface area contributed by atoms with Gasteiger partial charge in [-0.1, -0.05) is 0 Å². The molecule has 0 radical (unpaired) electrons. The SMILES string of the molecule is CC(=O)N[C@@H](CCC(=O)OC(C)(C)C)C(=O)NCC(=O)N[C@@H](CCCNC(N)=O)C(=O)O. The Balaban J connectivity index is 4.68. The number of rotatable bonds is 13. The molecule has 7 N–H and O–H groups in total. The highest BCUT2D eigenvalue weighted by Gasteiger charge is 2.24. The highest BCUT2D eigenvalue weighted by Crippen LogP contribution is 2.10. The number of urea groups is 1. The first-order valence-electron chi connectivity index (χ1n) is 10.0. The number of nitrogens with one attached hydrogen (secondary N) is 4. The average molecular weight is 460 g/mol. The van der Waals surface area contributed by atoms with Crippen molar-refractivity contribution >= 4 is 35.7 Å². The summed E-state index contributed by atoms with van der Waals surface area (Å²) < 4.78 is 5.16. The number of carbonyl (C=O) groups excluding carboxylic acids is 5. The summed E-state index contributed by atoms with van der Waals surface area (Å²) in [6, 6.07) is -3.06. The minimum absolute atomic E-state index is 0.0275. The number of amides is 5. The van der Waals surface area contributed by atoms with Gasteiger partial charge in [0.15, 0.2) is 0 Å². The van der Waals surface area contributed by atoms with E-state index in [4.69, 9.17) is 10.5 Å². The molecule has 0 rings (SSSR count). The molecule has 0 spiro atoms. The van der Waals surface area contributed by atoms with Gasteiger partial charge in [-0.2, -0.15) is 0 Å². The van der Waals surface area contributed by atoms with E-state index in [0.29, 0.717) is 0 Å². The van der Waals surface area contributed by atoms with E-state index in [0.717, 1.165) is 0 Å². The van der Waals surface area contributed by atoms with Crippen molar-refractivity contribution in [3.63, 3.8) is 0 Å². The van der Waals surface area contributed by atoms with Crippen LogP contribution >= 0.6 is 0 Å². The standard InChI is InChI=1S/C19H33N5O8/c1-11(25)23-12(7-8-15(27)32-19(2,3)4)16(28)22-10-14(26)24-13(17(29)30)6-5-9-21-18(20)31/h12-13H,5-10H2,1-4H3,(H,22,28)(H,23,25)(H,24,26)(H,29,30)(H3,20,21,31)/t12-,13-/m0/s1. The molecule has 0 aromatic carbocycles. The van der Waals surface area contributed by atoms with Crippen LogP contribution < -0.4 is 27.0 Å². The molecule has 0 heterocycles. The van der Waals surface area contributed by atoms with Crippen molar-refractivity contribution in [2.24, 2.45) is 5.73 Å². The molecule has 0 saturated heterocycles. The molecular formula is C19H33N5O8. The van der Waals surface area contributed by atoms with Crippen molar-refractivity contribution < 1.29 is 38.6 Å². The van der Waals surface area contributed by atoms with Gasteiger partial charge in [0.2, 0.25) is 17.7 Å². The van der Waals surface area contributed by atoms with Gasteiger partial charge in [0.1, 0.15) is 17.7 Å². The van der Waals surface area contributed by atoms with Crippen LogP contribution in [0.2, 0.25) is 0 Å². The van der Waals surface area contributed by atoms with Gasteiger partial charge in [-0.3, -0.25) is 19.2 Å². The molecule has 0 aliphatic carbocycles. The van der Waals surface area contributed by atoms with Gasteiger partial charge in [0.25, 0.3) is 0 Å². The summed E-state index contributed by atoms with van der Waals surface area (Å²) in [5.74, 6) is -3.81. The van der Waals surface area contributed by atoms with Gasteiger partial charge in [0.05, 0.1) is 6.54 Å². The first-order valence-corrected chi connectivity index (χ1v) is 10.0. The van der Waals surface area contributed by atoms with Crippen LogP contribution in [-0.4, -0.2) is 71.6 Å². The van der Waals surface area contributed by atoms with Crippen LogP contribution in [0.5, 0.6) is 0 Å². The Morgan fingerprint density at radius 1 is 0.969 bits per heavy atom. The summed E-state index contributed by atoms with van der Waals surface area (Å²) in [6.45, 7) is 5.89. The van der Waals surface area contributed by atoms with Gasteiger partial charge < -0.3 is 36.8 Å². The lowest BCUT2D eigenvalue weighted by Crippen LogP contribution is -2.50. The van der Waals surface area contributed by atoms with Crippen LogP contribution in [0, 0.1) is 0 Å². The van der Waals surface area contributed by atoms with Gasteiger partial charge in [-0.05, 0) is 40.0 Å². The molecule has 5 amide bonds. The number of esters is 1. The van der Waals surface area contributed by atoms with E-state index >= 15 is 0 Å². The van der Waals surface area contributed by atoms with E-state index in [-0.39, 0.29) is 32.2 Å². The Labute approximate surface area is 186 Å². The Bertz CT molecular complexity index is 704. The van der Waals surface area contributed by atoms with Crippen LogP contribution in [0.4, 0.5) is 4.79 Å². The number of ether oxygens (including phenoxy) is 1. The highest BCUT2D eigenvalue weighted by molar-refractivity contribution is 5.91. The number of nitrogens with two attached hydrogens (primary N) is 1. The van der Waals surface area contributed by atoms with Crippen LogP contribution in [0.25, 0.3) is 0 Å². The topological polar surface area (TPSA) is 206 Å². The maximum atomic E-state index is 12.3. The number of hydrogen-bond donors (Lipinski definition) is 6. The molecule has 0 aromatic rings. The smallest absolute Gasteiger partial charge is 0.326 e. The maximum absolute atomic E-state index is 12.3. The van der Waals surface area contributed by atoms with Crippen LogP contribution in [0.1, 0.15) is 53.4 Å². The normalized spacial score (nSPS) is 12.6. The van der Waals surface area contributed by atoms with E-state index in [1.807, 2.05) is 0 Å². The molecule has 0 aromatic heterocycles. The molecule has 2 atom stereocenters. The summed E-state index contributed by atoms with van der Waals surface area (Å²) in [7, 11) is 0. The zero-order valence-corrected chi connectivity index (χ0v) is 18.8. The van der Waals surface area contributed by atoms with Crippen molar-refractivity contribution in [2.75, 3.05) is 13.1 Å². The highest BCUT2D eigenvalue weighted by atomic mass is 16.6. The first-order chi connectivity index (χ1) is 14.7. The second-order valence-electron chi connectivity index (χ2n) is 7.99. The second-order valence-corrected chi connectivity index (χ2v) is 7.99. The maximum Gasteiger partial charge on any atom is 0.326 e. The van der Waals surface area contributed by atoms with E-state index in [2.05, 4.69) is 21.3 Å². The Morgan fingerprint density at radius 3 is 2.09 bits per heavy atom. The van der Waals surface area contributed by atoms with E-state index in [1.165, 1.54) is 6.92 Å². The number of carbonyl (C=O) groups is 6. The zero-order chi connectivity index (χ0) is 24.9. The first kappa shape index (κ1) is 28.6. The fourth-order valence-corrected chi connectivity index (χ4v) is 2.48. The summed E-state index contributed by atoms with van der Waals surface area (Å²) in [5.41, 5.74) is 4.21. The number of carboxylic acid groups (broad SMARTS) is 1. The van der Waals surface area contributed by atoms with Gasteiger partial charge in [-0.15, -0.1) is 0 Å². The molecule has 0 fully saturated rings. The average Bonchev–Trinajstić information content (AvgIpc) is 2.63. The molecule has 182 valence electrons. The van der Waals surface area contributed by atoms with Crippen LogP contribution in [-0.2, 0) is 28.7 Å². The minimum atomic E-state index is -1.28. The van der Waals surface area contributed by atoms with E-state index in [9.17, 15) is 33.9 Å². The molecule has 13 nitrogen and oxygen atoms in total. The Morgan fingerprint density at radius 2 is 1.59 bits per heavy atom. The lowest BCUT2D eigenvalue weighted by atomic mass is 10.1. The summed E-state index contributed by atoms with van der Waals surface area (Å²) in [6.07, 6.45) is 0.0936. The summed E-state index contributed by atoms with van der Waals surface area (Å²) in [5, 5.41) is 18.4. The number of aliphatic carboxylic acids is 1. The minimum Gasteiger partial charge on any atom is -0.480 e. The third kappa shape index (κ3) is 14.6. The number of carboxylic acids is 1. The predicted molar refractivity (Wildman–Crippen MR) is 112 cm³/mol. The molecule has 32 heavy (non-hydrogen) atoms. The molecule has 0 aliphatic heterocycles. The summed E-state index contributed by atoms with van der Waals surface area (Å²) in [4.78, 5) is 69.5. The summed E-state index contributed by atoms with van der Waals surface area (Å²) >= 11 is 0. The second kappa shape index (κ2) is 13.8. The zero-order valence-electron chi connectivity index (χ0n) is 18.8. The quantitative estimate of drug-likeness (QED) is 0.144. The largest absolute Gasteiger partial charge is 0.480 e. The van der Waals surface area contributed by atoms with Crippen molar-refractivity contribution in [3.05, 3.63) is 0 Å².